The molecule has 1 aliphatic heterocycles. The molecule has 1 aromatic carbocycles. The van der Waals surface area contributed by atoms with Crippen LogP contribution in [0.2, 0.25) is 0 Å². The zero-order valence-electron chi connectivity index (χ0n) is 14.8. The summed E-state index contributed by atoms with van der Waals surface area (Å²) < 4.78 is 5.49. The SMILES string of the molecule is CN(C)c1ccc([C@H](CNC(=O)c2cccs2)N2CCOCC2)cc1. The standard InChI is InChI=1S/C19H25N3O2S/c1-21(2)16-7-5-15(6-8-16)17(22-9-11-24-12-10-22)14-20-19(23)18-4-3-13-25-18/h3-8,13,17H,9-12,14H2,1-2H3,(H,20,23)/t17-/m0/s1. The van der Waals surface area contributed by atoms with Crippen LogP contribution in [0.15, 0.2) is 41.8 Å². The van der Waals surface area contributed by atoms with Crippen LogP contribution < -0.4 is 10.2 Å². The molecule has 0 unspecified atom stereocenters. The average molecular weight is 359 g/mol. The van der Waals surface area contributed by atoms with Crippen LogP contribution >= 0.6 is 11.3 Å². The molecular formula is C19H25N3O2S. The number of carbonyl (C=O) groups excluding carboxylic acids is 1. The van der Waals surface area contributed by atoms with Crippen molar-refractivity contribution in [2.24, 2.45) is 0 Å². The minimum atomic E-state index is -0.00169. The fraction of sp³-hybridized carbons (Fsp3) is 0.421. The Hall–Kier alpha value is -1.89. The predicted molar refractivity (Wildman–Crippen MR) is 103 cm³/mol. The van der Waals surface area contributed by atoms with Crippen molar-refractivity contribution in [3.8, 4) is 0 Å². The molecule has 1 fully saturated rings. The van der Waals surface area contributed by atoms with Crippen molar-refractivity contribution in [1.82, 2.24) is 10.2 Å². The molecule has 1 amide bonds. The number of benzene rings is 1. The van der Waals surface area contributed by atoms with Crippen LogP contribution in [0.1, 0.15) is 21.3 Å². The van der Waals surface area contributed by atoms with Gasteiger partial charge >= 0.3 is 0 Å². The second-order valence-corrected chi connectivity index (χ2v) is 7.29. The van der Waals surface area contributed by atoms with Gasteiger partial charge in [0.1, 0.15) is 0 Å². The Balaban J connectivity index is 1.73. The van der Waals surface area contributed by atoms with Gasteiger partial charge < -0.3 is 15.0 Å². The summed E-state index contributed by atoms with van der Waals surface area (Å²) in [4.78, 5) is 17.6. The van der Waals surface area contributed by atoms with E-state index >= 15 is 0 Å². The van der Waals surface area contributed by atoms with Crippen molar-refractivity contribution in [2.45, 2.75) is 6.04 Å². The van der Waals surface area contributed by atoms with E-state index in [2.05, 4.69) is 39.4 Å². The minimum Gasteiger partial charge on any atom is -0.379 e. The smallest absolute Gasteiger partial charge is 0.261 e. The van der Waals surface area contributed by atoms with E-state index in [1.807, 2.05) is 31.6 Å². The minimum absolute atomic E-state index is 0.00169. The molecule has 0 radical (unpaired) electrons. The molecule has 0 bridgehead atoms. The van der Waals surface area contributed by atoms with Crippen molar-refractivity contribution in [2.75, 3.05) is 51.8 Å². The van der Waals surface area contributed by atoms with E-state index in [1.54, 1.807) is 0 Å². The Morgan fingerprint density at radius 2 is 1.96 bits per heavy atom. The fourth-order valence-corrected chi connectivity index (χ4v) is 3.67. The van der Waals surface area contributed by atoms with Gasteiger partial charge in [-0.05, 0) is 29.1 Å². The monoisotopic (exact) mass is 359 g/mol. The third-order valence-corrected chi connectivity index (χ3v) is 5.35. The Labute approximate surface area is 153 Å². The molecule has 5 nitrogen and oxygen atoms in total. The molecular weight excluding hydrogens is 334 g/mol. The number of hydrogen-bond donors (Lipinski definition) is 1. The van der Waals surface area contributed by atoms with Gasteiger partial charge in [0, 0.05) is 39.4 Å². The molecule has 1 aliphatic rings. The van der Waals surface area contributed by atoms with Gasteiger partial charge in [0.15, 0.2) is 0 Å². The lowest BCUT2D eigenvalue weighted by atomic mass is 10.0. The van der Waals surface area contributed by atoms with Crippen LogP contribution in [0.4, 0.5) is 5.69 Å². The van der Waals surface area contributed by atoms with Crippen LogP contribution in [-0.2, 0) is 4.74 Å². The molecule has 1 N–H and O–H groups in total. The van der Waals surface area contributed by atoms with Crippen LogP contribution in [0, 0.1) is 0 Å². The molecule has 1 saturated heterocycles. The third kappa shape index (κ3) is 4.60. The van der Waals surface area contributed by atoms with Gasteiger partial charge in [-0.25, -0.2) is 0 Å². The Morgan fingerprint density at radius 3 is 2.56 bits per heavy atom. The number of anilines is 1. The first-order valence-electron chi connectivity index (χ1n) is 8.56. The average Bonchev–Trinajstić information content (AvgIpc) is 3.18. The normalized spacial score (nSPS) is 16.4. The second-order valence-electron chi connectivity index (χ2n) is 6.34. The zero-order valence-corrected chi connectivity index (χ0v) is 15.6. The summed E-state index contributed by atoms with van der Waals surface area (Å²) in [5.74, 6) is -0.00169. The summed E-state index contributed by atoms with van der Waals surface area (Å²) in [6.07, 6.45) is 0. The zero-order chi connectivity index (χ0) is 17.6. The van der Waals surface area contributed by atoms with Crippen molar-refractivity contribution in [3.05, 3.63) is 52.2 Å². The number of morpholine rings is 1. The summed E-state index contributed by atoms with van der Waals surface area (Å²) in [7, 11) is 4.07. The molecule has 0 spiro atoms. The second kappa shape index (κ2) is 8.47. The van der Waals surface area contributed by atoms with Crippen molar-refractivity contribution in [1.29, 1.82) is 0 Å². The highest BCUT2D eigenvalue weighted by Crippen LogP contribution is 2.24. The van der Waals surface area contributed by atoms with E-state index in [0.29, 0.717) is 6.54 Å². The fourth-order valence-electron chi connectivity index (χ4n) is 3.03. The van der Waals surface area contributed by atoms with E-state index in [1.165, 1.54) is 22.6 Å². The van der Waals surface area contributed by atoms with Crippen molar-refractivity contribution >= 4 is 22.9 Å². The van der Waals surface area contributed by atoms with E-state index < -0.39 is 0 Å². The van der Waals surface area contributed by atoms with Crippen LogP contribution in [0.25, 0.3) is 0 Å². The number of carbonyl (C=O) groups is 1. The third-order valence-electron chi connectivity index (χ3n) is 4.48. The van der Waals surface area contributed by atoms with E-state index in [-0.39, 0.29) is 11.9 Å². The molecule has 3 rings (SSSR count). The number of amides is 1. The molecule has 25 heavy (non-hydrogen) atoms. The molecule has 2 aromatic rings. The number of hydrogen-bond acceptors (Lipinski definition) is 5. The van der Waals surface area contributed by atoms with Gasteiger partial charge in [0.05, 0.1) is 24.1 Å². The number of rotatable bonds is 6. The quantitative estimate of drug-likeness (QED) is 0.861. The lowest BCUT2D eigenvalue weighted by molar-refractivity contribution is 0.0162. The molecule has 134 valence electrons. The lowest BCUT2D eigenvalue weighted by Crippen LogP contribution is -2.43. The van der Waals surface area contributed by atoms with E-state index in [9.17, 15) is 4.79 Å². The Morgan fingerprint density at radius 1 is 1.24 bits per heavy atom. The van der Waals surface area contributed by atoms with Gasteiger partial charge in [-0.15, -0.1) is 11.3 Å². The van der Waals surface area contributed by atoms with Crippen LogP contribution in [0.5, 0.6) is 0 Å². The maximum absolute atomic E-state index is 12.3. The molecule has 1 atom stereocenters. The maximum Gasteiger partial charge on any atom is 0.261 e. The summed E-state index contributed by atoms with van der Waals surface area (Å²) in [5.41, 5.74) is 2.39. The number of ether oxygens (including phenoxy) is 1. The number of thiophene rings is 1. The number of nitrogens with zero attached hydrogens (tertiary/aromatic N) is 2. The topological polar surface area (TPSA) is 44.8 Å². The van der Waals surface area contributed by atoms with Crippen molar-refractivity contribution in [3.63, 3.8) is 0 Å². The molecule has 0 aliphatic carbocycles. The summed E-state index contributed by atoms with van der Waals surface area (Å²) >= 11 is 1.47. The van der Waals surface area contributed by atoms with Gasteiger partial charge in [-0.3, -0.25) is 9.69 Å². The lowest BCUT2D eigenvalue weighted by Gasteiger charge is -2.35. The molecule has 6 heteroatoms. The highest BCUT2D eigenvalue weighted by molar-refractivity contribution is 7.12. The van der Waals surface area contributed by atoms with Crippen molar-refractivity contribution < 1.29 is 9.53 Å². The van der Waals surface area contributed by atoms with Gasteiger partial charge in [-0.1, -0.05) is 18.2 Å². The first kappa shape index (κ1) is 17.9. The van der Waals surface area contributed by atoms with Crippen LogP contribution in [-0.4, -0.2) is 57.8 Å². The maximum atomic E-state index is 12.3. The van der Waals surface area contributed by atoms with E-state index in [4.69, 9.17) is 4.74 Å². The largest absolute Gasteiger partial charge is 0.379 e. The highest BCUT2D eigenvalue weighted by atomic mass is 32.1. The Kier molecular flexibility index (Phi) is 6.07. The van der Waals surface area contributed by atoms with Gasteiger partial charge in [0.2, 0.25) is 0 Å². The summed E-state index contributed by atoms with van der Waals surface area (Å²) in [5, 5.41) is 5.02. The summed E-state index contributed by atoms with van der Waals surface area (Å²) in [6.45, 7) is 3.85. The van der Waals surface area contributed by atoms with Gasteiger partial charge in [-0.2, -0.15) is 0 Å². The van der Waals surface area contributed by atoms with Gasteiger partial charge in [0.25, 0.3) is 5.91 Å². The highest BCUT2D eigenvalue weighted by Gasteiger charge is 2.23. The first-order valence-corrected chi connectivity index (χ1v) is 9.44. The van der Waals surface area contributed by atoms with E-state index in [0.717, 1.165) is 31.2 Å². The molecule has 1 aromatic heterocycles. The number of nitrogens with one attached hydrogen (secondary N) is 1. The predicted octanol–water partition coefficient (Wildman–Crippen LogP) is 2.62. The van der Waals surface area contributed by atoms with Crippen LogP contribution in [0.3, 0.4) is 0 Å². The molecule has 0 saturated carbocycles. The Bertz CT molecular complexity index is 664. The summed E-state index contributed by atoms with van der Waals surface area (Å²) in [6, 6.07) is 12.5. The molecule has 2 heterocycles. The first-order chi connectivity index (χ1) is 12.1.